The normalized spacial score (nSPS) is 47.7. The zero-order valence-corrected chi connectivity index (χ0v) is 32.0. The Morgan fingerprint density at radius 1 is 0.836 bits per heavy atom. The van der Waals surface area contributed by atoms with Gasteiger partial charge in [-0.15, -0.1) is 0 Å². The molecule has 0 radical (unpaired) electrons. The van der Waals surface area contributed by atoms with Crippen molar-refractivity contribution in [2.45, 2.75) is 153 Å². The summed E-state index contributed by atoms with van der Waals surface area (Å²) in [4.78, 5) is 39.6. The highest BCUT2D eigenvalue weighted by Crippen LogP contribution is 2.63. The maximum atomic E-state index is 14.1. The quantitative estimate of drug-likeness (QED) is 0.0995. The van der Waals surface area contributed by atoms with Crippen LogP contribution in [0.1, 0.15) is 79.6 Å². The predicted octanol–water partition coefficient (Wildman–Crippen LogP) is -0.731. The standard InChI is InChI=1S/C38H58O17/c1-18-10-12-50-25(40)14-36(3,49)15-26(41)51-17-22-28(43)30(45)32(47)35(53-22)55-33(48)20-7-6-8-23-37(20,4)11-9-19(2)38(23,5)24(13-18)54-34-31(46)29(44)27(42)21(16-39)52-34/h7,10,19,21-24,27-32,34-35,39,42-47,49H,6,8-9,11-17H2,1-5H3/b18-10-/t19-,21-,22+,23+,24-,27-,28+,29+,30-,31-,32+,34+,35-,36-,37+,38+/m1/s1. The Bertz CT molecular complexity index is 1460. The minimum absolute atomic E-state index is 0.0576. The first-order valence-electron chi connectivity index (χ1n) is 19.0. The molecule has 1 saturated carbocycles. The molecule has 0 aromatic rings. The van der Waals surface area contributed by atoms with Crippen LogP contribution < -0.4 is 0 Å². The van der Waals surface area contributed by atoms with Crippen LogP contribution in [0.2, 0.25) is 0 Å². The van der Waals surface area contributed by atoms with E-state index in [9.17, 15) is 55.2 Å². The van der Waals surface area contributed by atoms with Gasteiger partial charge in [0, 0.05) is 16.4 Å². The minimum atomic E-state index is -1.89. The molecule has 6 bridgehead atoms. The fourth-order valence-corrected chi connectivity index (χ4v) is 9.16. The summed E-state index contributed by atoms with van der Waals surface area (Å²) >= 11 is 0. The van der Waals surface area contributed by atoms with Crippen molar-refractivity contribution in [3.8, 4) is 0 Å². The molecule has 5 rings (SSSR count). The molecule has 0 aromatic carbocycles. The van der Waals surface area contributed by atoms with Crippen LogP contribution in [-0.4, -0.2) is 152 Å². The summed E-state index contributed by atoms with van der Waals surface area (Å²) < 4.78 is 34.4. The maximum Gasteiger partial charge on any atom is 0.336 e. The molecular weight excluding hydrogens is 728 g/mol. The highest BCUT2D eigenvalue weighted by atomic mass is 16.7. The molecule has 0 spiro atoms. The molecule has 8 N–H and O–H groups in total. The van der Waals surface area contributed by atoms with Crippen molar-refractivity contribution in [2.24, 2.45) is 22.7 Å². The largest absolute Gasteiger partial charge is 0.463 e. The molecule has 3 aliphatic heterocycles. The average molecular weight is 787 g/mol. The van der Waals surface area contributed by atoms with E-state index in [0.717, 1.165) is 0 Å². The first-order chi connectivity index (χ1) is 25.7. The van der Waals surface area contributed by atoms with Gasteiger partial charge in [-0.1, -0.05) is 32.4 Å². The lowest BCUT2D eigenvalue weighted by molar-refractivity contribution is -0.326. The van der Waals surface area contributed by atoms with Gasteiger partial charge in [0.1, 0.15) is 62.0 Å². The SMILES string of the molecule is C/C1=C/COC(=O)C[C@@](C)(O)CC(=O)OC[C@@H]2O[C@H](OC(=O)C3=CCC[C@@H]4[C@](C)([C@H](C)CC[C@@]34C)[C@H](O[C@@H]3O[C@H](CO)[C@@H](O)[C@H](O)[C@H]3O)C1)[C@@H](O)[C@H](O)[C@H]2O. The van der Waals surface area contributed by atoms with E-state index < -0.39 is 128 Å². The van der Waals surface area contributed by atoms with E-state index in [1.165, 1.54) is 6.92 Å². The molecule has 0 aromatic heterocycles. The van der Waals surface area contributed by atoms with Gasteiger partial charge in [0.05, 0.1) is 31.2 Å². The summed E-state index contributed by atoms with van der Waals surface area (Å²) in [5.41, 5.74) is -2.52. The third-order valence-corrected chi connectivity index (χ3v) is 12.7. The Morgan fingerprint density at radius 3 is 2.16 bits per heavy atom. The van der Waals surface area contributed by atoms with Gasteiger partial charge in [0.15, 0.2) is 6.29 Å². The summed E-state index contributed by atoms with van der Waals surface area (Å²) in [5.74, 6) is -2.94. The van der Waals surface area contributed by atoms with E-state index >= 15 is 0 Å². The number of ether oxygens (including phenoxy) is 6. The highest BCUT2D eigenvalue weighted by Gasteiger charge is 2.60. The van der Waals surface area contributed by atoms with Gasteiger partial charge in [-0.05, 0) is 63.9 Å². The zero-order chi connectivity index (χ0) is 40.6. The van der Waals surface area contributed by atoms with Crippen molar-refractivity contribution < 1.29 is 83.7 Å². The van der Waals surface area contributed by atoms with Crippen LogP contribution in [-0.2, 0) is 42.8 Å². The van der Waals surface area contributed by atoms with Crippen molar-refractivity contribution >= 4 is 17.9 Å². The van der Waals surface area contributed by atoms with E-state index in [-0.39, 0.29) is 24.9 Å². The molecule has 55 heavy (non-hydrogen) atoms. The van der Waals surface area contributed by atoms with Gasteiger partial charge in [0.25, 0.3) is 0 Å². The predicted molar refractivity (Wildman–Crippen MR) is 187 cm³/mol. The van der Waals surface area contributed by atoms with E-state index in [4.69, 9.17) is 28.4 Å². The molecule has 2 saturated heterocycles. The first-order valence-corrected chi connectivity index (χ1v) is 19.0. The van der Waals surface area contributed by atoms with Crippen LogP contribution in [0.5, 0.6) is 0 Å². The Morgan fingerprint density at radius 2 is 1.49 bits per heavy atom. The van der Waals surface area contributed by atoms with Crippen LogP contribution >= 0.6 is 0 Å². The van der Waals surface area contributed by atoms with Crippen molar-refractivity contribution in [1.82, 2.24) is 0 Å². The summed E-state index contributed by atoms with van der Waals surface area (Å²) in [6.07, 6.45) is -12.5. The second-order valence-corrected chi connectivity index (χ2v) is 16.7. The lowest BCUT2D eigenvalue weighted by atomic mass is 9.46. The summed E-state index contributed by atoms with van der Waals surface area (Å²) in [7, 11) is 0. The van der Waals surface area contributed by atoms with Crippen LogP contribution in [0.3, 0.4) is 0 Å². The fourth-order valence-electron chi connectivity index (χ4n) is 9.16. The molecule has 16 atom stereocenters. The maximum absolute atomic E-state index is 14.1. The summed E-state index contributed by atoms with van der Waals surface area (Å²) in [6, 6.07) is 0. The van der Waals surface area contributed by atoms with Crippen LogP contribution in [0.4, 0.5) is 0 Å². The number of rotatable bonds is 3. The van der Waals surface area contributed by atoms with Crippen molar-refractivity contribution in [1.29, 1.82) is 0 Å². The van der Waals surface area contributed by atoms with Gasteiger partial charge in [-0.3, -0.25) is 9.59 Å². The topological polar surface area (TPSA) is 268 Å². The number of carbonyl (C=O) groups excluding carboxylic acids is 3. The van der Waals surface area contributed by atoms with E-state index in [1.54, 1.807) is 19.1 Å². The molecule has 17 nitrogen and oxygen atoms in total. The number of fused-ring (bicyclic) bond motifs is 2. The number of hydrogen-bond acceptors (Lipinski definition) is 17. The highest BCUT2D eigenvalue weighted by molar-refractivity contribution is 5.90. The molecule has 312 valence electrons. The molecule has 3 fully saturated rings. The number of aliphatic hydroxyl groups excluding tert-OH is 7. The van der Waals surface area contributed by atoms with Crippen LogP contribution in [0, 0.1) is 22.7 Å². The number of cyclic esters (lactones) is 2. The van der Waals surface area contributed by atoms with Gasteiger partial charge in [-0.25, -0.2) is 4.79 Å². The second-order valence-electron chi connectivity index (χ2n) is 16.7. The third-order valence-electron chi connectivity index (χ3n) is 12.7. The monoisotopic (exact) mass is 786 g/mol. The minimum Gasteiger partial charge on any atom is -0.463 e. The van der Waals surface area contributed by atoms with Crippen molar-refractivity contribution in [3.05, 3.63) is 23.3 Å². The Kier molecular flexibility index (Phi) is 13.6. The van der Waals surface area contributed by atoms with Gasteiger partial charge >= 0.3 is 17.9 Å². The van der Waals surface area contributed by atoms with Gasteiger partial charge in [-0.2, -0.15) is 0 Å². The molecular formula is C38H58O17. The van der Waals surface area contributed by atoms with Crippen molar-refractivity contribution in [3.63, 3.8) is 0 Å². The van der Waals surface area contributed by atoms with Gasteiger partial charge < -0.3 is 69.3 Å². The Labute approximate surface area is 319 Å². The fraction of sp³-hybridized carbons (Fsp3) is 0.816. The molecule has 0 amide bonds. The third kappa shape index (κ3) is 8.97. The Balaban J connectivity index is 1.53. The lowest BCUT2D eigenvalue weighted by Gasteiger charge is -2.60. The van der Waals surface area contributed by atoms with Gasteiger partial charge in [0.2, 0.25) is 6.29 Å². The van der Waals surface area contributed by atoms with E-state index in [1.807, 2.05) is 13.8 Å². The number of carbonyl (C=O) groups is 3. The summed E-state index contributed by atoms with van der Waals surface area (Å²) in [5, 5.41) is 84.9. The zero-order valence-electron chi connectivity index (χ0n) is 32.0. The molecule has 17 heteroatoms. The molecule has 2 aliphatic carbocycles. The number of hydrogen-bond donors (Lipinski definition) is 8. The second kappa shape index (κ2) is 17.1. The number of esters is 3. The van der Waals surface area contributed by atoms with E-state index in [2.05, 4.69) is 6.92 Å². The molecule has 3 heterocycles. The summed E-state index contributed by atoms with van der Waals surface area (Å²) in [6.45, 7) is 7.55. The average Bonchev–Trinajstić information content (AvgIpc) is 3.11. The van der Waals surface area contributed by atoms with E-state index in [0.29, 0.717) is 36.8 Å². The number of aliphatic hydroxyl groups is 8. The van der Waals surface area contributed by atoms with Crippen LogP contribution in [0.15, 0.2) is 23.3 Å². The molecule has 0 unspecified atom stereocenters. The Hall–Kier alpha value is -2.55. The lowest BCUT2D eigenvalue weighted by Crippen LogP contribution is -2.62. The molecule has 5 aliphatic rings. The smallest absolute Gasteiger partial charge is 0.336 e. The number of allylic oxidation sites excluding steroid dienone is 1. The van der Waals surface area contributed by atoms with Crippen molar-refractivity contribution in [2.75, 3.05) is 19.8 Å². The van der Waals surface area contributed by atoms with Crippen LogP contribution in [0.25, 0.3) is 0 Å². The first kappa shape index (κ1) is 43.6.